The molecule has 7 heteroatoms. The van der Waals surface area contributed by atoms with Crippen molar-refractivity contribution in [3.63, 3.8) is 0 Å². The third-order valence-electron chi connectivity index (χ3n) is 14.2. The van der Waals surface area contributed by atoms with E-state index < -0.39 is 25.0 Å². The van der Waals surface area contributed by atoms with Gasteiger partial charge in [0.05, 0.1) is 17.8 Å². The summed E-state index contributed by atoms with van der Waals surface area (Å²) in [5.74, 6) is 1.61. The van der Waals surface area contributed by atoms with Crippen molar-refractivity contribution in [1.82, 2.24) is 0 Å². The van der Waals surface area contributed by atoms with E-state index >= 15 is 0 Å². The van der Waals surface area contributed by atoms with Gasteiger partial charge in [-0.15, -0.1) is 0 Å². The molecule has 0 unspecified atom stereocenters. The van der Waals surface area contributed by atoms with E-state index in [1.807, 2.05) is 0 Å². The van der Waals surface area contributed by atoms with E-state index in [1.54, 1.807) is 11.1 Å². The van der Waals surface area contributed by atoms with E-state index in [2.05, 4.69) is 158 Å². The van der Waals surface area contributed by atoms with Gasteiger partial charge in [-0.25, -0.2) is 0 Å². The molecule has 0 bridgehead atoms. The van der Waals surface area contributed by atoms with Crippen LogP contribution >= 0.6 is 11.8 Å². The second-order valence-electron chi connectivity index (χ2n) is 20.3. The highest BCUT2D eigenvalue weighted by molar-refractivity contribution is 8.00. The van der Waals surface area contributed by atoms with Gasteiger partial charge in [-0.3, -0.25) is 0 Å². The van der Waals surface area contributed by atoms with E-state index in [0.717, 1.165) is 25.0 Å². The number of hydrogen-bond acceptors (Lipinski definition) is 4. The topological polar surface area (TPSA) is 27.7 Å². The van der Waals surface area contributed by atoms with Crippen LogP contribution in [0.5, 0.6) is 0 Å². The molecule has 0 amide bonds. The molecule has 0 saturated heterocycles. The molecular formula is C45H82O3SSi3. The average molecular weight is 787 g/mol. The Bertz CT molecular complexity index is 1350. The summed E-state index contributed by atoms with van der Waals surface area (Å²) in [4.78, 5) is 0. The molecule has 2 fully saturated rings. The van der Waals surface area contributed by atoms with Gasteiger partial charge in [0.2, 0.25) is 0 Å². The minimum absolute atomic E-state index is 0.0176. The lowest BCUT2D eigenvalue weighted by atomic mass is 9.64. The van der Waals surface area contributed by atoms with Crippen LogP contribution in [0, 0.1) is 11.3 Å². The van der Waals surface area contributed by atoms with Crippen molar-refractivity contribution in [3.05, 3.63) is 59.3 Å². The Labute approximate surface area is 330 Å². The van der Waals surface area contributed by atoms with Crippen molar-refractivity contribution in [3.8, 4) is 0 Å². The van der Waals surface area contributed by atoms with E-state index in [9.17, 15) is 0 Å². The van der Waals surface area contributed by atoms with Crippen LogP contribution in [-0.4, -0.2) is 53.8 Å². The second kappa shape index (κ2) is 17.4. The van der Waals surface area contributed by atoms with Crippen LogP contribution in [0.25, 0.3) is 0 Å². The number of fused-ring (bicyclic) bond motifs is 1. The standard InChI is InChI=1S/C45H82O3SSi3/c1-19-52(20-2,21-3)48-44(12,13)29-23-31-49-35(5)39-27-28-40-36(24-22-30-45(39,40)14)25-26-37-32-38(46-50(15,16)42(6,7)8)33-41(34(37)4)47-51(17,18)43(9,10)11/h23,25-27,29,35,38,40-41H,4,19-22,24,28,30-33H2,1-3,5-18H3/b29-23-,36-25?,37-26?/t35-,38+,40-,41-,45+/m0/s1. The molecule has 298 valence electrons. The van der Waals surface area contributed by atoms with Crippen LogP contribution in [0.3, 0.4) is 0 Å². The van der Waals surface area contributed by atoms with Crippen molar-refractivity contribution < 1.29 is 13.3 Å². The number of allylic oxidation sites excluding steroid dienone is 4. The van der Waals surface area contributed by atoms with Crippen molar-refractivity contribution >= 4 is 36.7 Å². The minimum Gasteiger partial charge on any atom is -0.413 e. The van der Waals surface area contributed by atoms with Gasteiger partial charge in [0, 0.05) is 17.4 Å². The SMILES string of the molecule is C=C1C(=CC=C2CCC[C@]3(C)C([C@H](C)SC/C=C\C(C)(C)O[Si](CC)(CC)CC)=CC[C@@H]23)C[C@@H](O[Si](C)(C)C(C)(C)C)C[C@@H]1O[Si](C)(C)C(C)(C)C. The van der Waals surface area contributed by atoms with Crippen LogP contribution in [0.15, 0.2) is 59.3 Å². The zero-order chi connectivity index (χ0) is 39.6. The molecule has 5 atom stereocenters. The maximum absolute atomic E-state index is 7.12. The zero-order valence-corrected chi connectivity index (χ0v) is 40.9. The van der Waals surface area contributed by atoms with Gasteiger partial charge in [-0.05, 0) is 130 Å². The monoisotopic (exact) mass is 787 g/mol. The first-order valence-electron chi connectivity index (χ1n) is 20.9. The van der Waals surface area contributed by atoms with Crippen molar-refractivity contribution in [1.29, 1.82) is 0 Å². The molecule has 3 rings (SSSR count). The summed E-state index contributed by atoms with van der Waals surface area (Å²) in [7, 11) is -5.58. The lowest BCUT2D eigenvalue weighted by Gasteiger charge is -2.45. The minimum atomic E-state index is -1.99. The van der Waals surface area contributed by atoms with Crippen molar-refractivity contribution in [2.24, 2.45) is 11.3 Å². The quantitative estimate of drug-likeness (QED) is 0.122. The highest BCUT2D eigenvalue weighted by Crippen LogP contribution is 2.57. The molecule has 2 saturated carbocycles. The predicted octanol–water partition coefficient (Wildman–Crippen LogP) is 14.6. The molecule has 0 aromatic heterocycles. The molecule has 3 nitrogen and oxygen atoms in total. The van der Waals surface area contributed by atoms with Crippen LogP contribution < -0.4 is 0 Å². The van der Waals surface area contributed by atoms with Gasteiger partial charge >= 0.3 is 0 Å². The molecule has 0 radical (unpaired) electrons. The first kappa shape index (κ1) is 46.0. The molecule has 0 aromatic rings. The van der Waals surface area contributed by atoms with E-state index in [1.165, 1.54) is 48.5 Å². The second-order valence-corrected chi connectivity index (χ2v) is 35.9. The summed E-state index contributed by atoms with van der Waals surface area (Å²) >= 11 is 2.09. The van der Waals surface area contributed by atoms with Gasteiger partial charge < -0.3 is 13.3 Å². The molecule has 0 aromatic carbocycles. The molecule has 0 N–H and O–H groups in total. The van der Waals surface area contributed by atoms with Crippen LogP contribution in [0.4, 0.5) is 0 Å². The van der Waals surface area contributed by atoms with Crippen LogP contribution in [0.2, 0.25) is 54.4 Å². The number of hydrogen-bond donors (Lipinski definition) is 0. The summed E-state index contributed by atoms with van der Waals surface area (Å²) in [5, 5.41) is 0.831. The third-order valence-corrected chi connectivity index (χ3v) is 29.1. The van der Waals surface area contributed by atoms with E-state index in [0.29, 0.717) is 11.2 Å². The first-order chi connectivity index (χ1) is 23.8. The third kappa shape index (κ3) is 10.9. The smallest absolute Gasteiger partial charge is 0.193 e. The first-order valence-corrected chi connectivity index (χ1v) is 30.3. The fraction of sp³-hybridized carbons (Fsp3) is 0.778. The lowest BCUT2D eigenvalue weighted by molar-refractivity contribution is 0.0969. The average Bonchev–Trinajstić information content (AvgIpc) is 3.39. The molecule has 3 aliphatic rings. The maximum Gasteiger partial charge on any atom is 0.193 e. The van der Waals surface area contributed by atoms with Gasteiger partial charge in [0.15, 0.2) is 25.0 Å². The van der Waals surface area contributed by atoms with Gasteiger partial charge in [0.1, 0.15) is 0 Å². The fourth-order valence-electron chi connectivity index (χ4n) is 8.43. The molecule has 0 aliphatic heterocycles. The Morgan fingerprint density at radius 2 is 1.50 bits per heavy atom. The largest absolute Gasteiger partial charge is 0.413 e. The molecular weight excluding hydrogens is 705 g/mol. The normalized spacial score (nSPS) is 27.8. The van der Waals surface area contributed by atoms with Gasteiger partial charge in [-0.1, -0.05) is 117 Å². The molecule has 0 spiro atoms. The Morgan fingerprint density at radius 1 is 0.923 bits per heavy atom. The van der Waals surface area contributed by atoms with Gasteiger partial charge in [-0.2, -0.15) is 11.8 Å². The summed E-state index contributed by atoms with van der Waals surface area (Å²) in [6.45, 7) is 44.8. The fourth-order valence-corrected chi connectivity index (χ4v) is 15.3. The highest BCUT2D eigenvalue weighted by atomic mass is 32.2. The Hall–Kier alpha value is -0.419. The molecule has 3 aliphatic carbocycles. The van der Waals surface area contributed by atoms with Crippen molar-refractivity contribution in [2.45, 2.75) is 206 Å². The number of rotatable bonds is 15. The van der Waals surface area contributed by atoms with E-state index in [4.69, 9.17) is 19.9 Å². The summed E-state index contributed by atoms with van der Waals surface area (Å²) < 4.78 is 21.1. The molecule has 52 heavy (non-hydrogen) atoms. The van der Waals surface area contributed by atoms with Crippen molar-refractivity contribution in [2.75, 3.05) is 5.75 Å². The lowest BCUT2D eigenvalue weighted by Crippen LogP contribution is -2.49. The van der Waals surface area contributed by atoms with Gasteiger partial charge in [0.25, 0.3) is 0 Å². The predicted molar refractivity (Wildman–Crippen MR) is 240 cm³/mol. The highest BCUT2D eigenvalue weighted by Gasteiger charge is 2.47. The van der Waals surface area contributed by atoms with E-state index in [-0.39, 0.29) is 33.3 Å². The maximum atomic E-state index is 7.12. The summed E-state index contributed by atoms with van der Waals surface area (Å²) in [6, 6.07) is 3.58. The zero-order valence-electron chi connectivity index (χ0n) is 37.1. The Morgan fingerprint density at radius 3 is 2.06 bits per heavy atom. The summed E-state index contributed by atoms with van der Waals surface area (Å²) in [6.07, 6.45) is 19.2. The summed E-state index contributed by atoms with van der Waals surface area (Å²) in [5.41, 5.74) is 5.86. The van der Waals surface area contributed by atoms with Crippen LogP contribution in [-0.2, 0) is 13.3 Å². The van der Waals surface area contributed by atoms with Crippen LogP contribution in [0.1, 0.15) is 129 Å². The Kier molecular flexibility index (Phi) is 15.4. The number of thioether (sulfide) groups is 1. The Balaban J connectivity index is 1.79. The molecule has 0 heterocycles.